The molecule has 3 aromatic rings. The number of fused-ring (bicyclic) bond motifs is 2. The lowest BCUT2D eigenvalue weighted by molar-refractivity contribution is -0.144. The van der Waals surface area contributed by atoms with Crippen molar-refractivity contribution in [3.63, 3.8) is 0 Å². The molecular formula is C43H59N7O8. The number of unbranched alkanes of at least 4 members (excludes halogenated alkanes) is 1. The molecule has 7 rings (SSSR count). The first-order chi connectivity index (χ1) is 28.1. The molecule has 0 aliphatic carbocycles. The van der Waals surface area contributed by atoms with Gasteiger partial charge in [0.1, 0.15) is 0 Å². The summed E-state index contributed by atoms with van der Waals surface area (Å²) in [6.45, 7) is 10.9. The second-order valence-corrected chi connectivity index (χ2v) is 16.3. The molecule has 0 saturated carbocycles. The van der Waals surface area contributed by atoms with Crippen molar-refractivity contribution in [2.45, 2.75) is 89.8 Å². The lowest BCUT2D eigenvalue weighted by atomic mass is 10.0. The zero-order valence-corrected chi connectivity index (χ0v) is 34.3. The monoisotopic (exact) mass is 801 g/mol. The maximum absolute atomic E-state index is 14.3. The van der Waals surface area contributed by atoms with Crippen LogP contribution in [0.2, 0.25) is 0 Å². The van der Waals surface area contributed by atoms with Gasteiger partial charge in [-0.05, 0) is 87.4 Å². The number of urea groups is 1. The number of piperidine rings is 2. The van der Waals surface area contributed by atoms with Crippen LogP contribution in [0.1, 0.15) is 68.6 Å². The number of anilines is 1. The minimum atomic E-state index is -1.07. The van der Waals surface area contributed by atoms with E-state index in [1.54, 1.807) is 18.0 Å². The van der Waals surface area contributed by atoms with Crippen LogP contribution in [0.25, 0.3) is 11.1 Å². The number of benzene rings is 2. The molecule has 0 radical (unpaired) electrons. The number of aromatic nitrogens is 1. The third-order valence-corrected chi connectivity index (χ3v) is 12.5. The quantitative estimate of drug-likeness (QED) is 0.207. The van der Waals surface area contributed by atoms with E-state index < -0.39 is 18.0 Å². The Bertz CT molecular complexity index is 1990. The van der Waals surface area contributed by atoms with Crippen molar-refractivity contribution in [2.75, 3.05) is 77.4 Å². The number of aryl methyl sites for hydroxylation is 2. The summed E-state index contributed by atoms with van der Waals surface area (Å²) >= 11 is 0. The van der Waals surface area contributed by atoms with Crippen LogP contribution in [-0.4, -0.2) is 143 Å². The first kappa shape index (κ1) is 41.3. The molecule has 58 heavy (non-hydrogen) atoms. The molecule has 4 aliphatic heterocycles. The SMILES string of the molecule is CCCCOC(=O)CCN1CCC(N2CCN(C(=O)[C@@H](Cc3cc(C)c4c(c3)oc(=O)n4C)OC(=O)N3CCC(N4CCc5ccccc5NC4=O)CC3)CC2)CC1. The molecular weight excluding hydrogens is 743 g/mol. The maximum atomic E-state index is 14.3. The molecule has 4 aliphatic rings. The number of para-hydroxylation sites is 1. The zero-order valence-electron chi connectivity index (χ0n) is 34.3. The first-order valence-electron chi connectivity index (χ1n) is 21.2. The van der Waals surface area contributed by atoms with Gasteiger partial charge < -0.3 is 38.8 Å². The molecule has 5 heterocycles. The van der Waals surface area contributed by atoms with Gasteiger partial charge in [-0.3, -0.25) is 19.1 Å². The van der Waals surface area contributed by atoms with Gasteiger partial charge in [0.05, 0.1) is 18.5 Å². The van der Waals surface area contributed by atoms with Gasteiger partial charge in [0.15, 0.2) is 11.7 Å². The van der Waals surface area contributed by atoms with Crippen molar-refractivity contribution < 1.29 is 33.1 Å². The number of oxazole rings is 1. The number of esters is 1. The van der Waals surface area contributed by atoms with Crippen molar-refractivity contribution in [3.8, 4) is 0 Å². The van der Waals surface area contributed by atoms with Crippen molar-refractivity contribution in [2.24, 2.45) is 7.05 Å². The largest absolute Gasteiger partial charge is 0.466 e. The fourth-order valence-corrected chi connectivity index (χ4v) is 9.06. The Hall–Kier alpha value is -4.89. The Kier molecular flexibility index (Phi) is 13.4. The molecule has 3 saturated heterocycles. The number of hydrogen-bond acceptors (Lipinski definition) is 10. The van der Waals surface area contributed by atoms with Gasteiger partial charge in [-0.15, -0.1) is 0 Å². The van der Waals surface area contributed by atoms with E-state index in [1.165, 1.54) is 4.57 Å². The van der Waals surface area contributed by atoms with E-state index in [-0.39, 0.29) is 30.4 Å². The first-order valence-corrected chi connectivity index (χ1v) is 21.2. The number of hydrogen-bond donors (Lipinski definition) is 1. The third-order valence-electron chi connectivity index (χ3n) is 12.5. The summed E-state index contributed by atoms with van der Waals surface area (Å²) in [5.74, 6) is -0.833. The van der Waals surface area contributed by atoms with Gasteiger partial charge in [-0.2, -0.15) is 0 Å². The van der Waals surface area contributed by atoms with Gasteiger partial charge in [0.25, 0.3) is 5.91 Å². The summed E-state index contributed by atoms with van der Waals surface area (Å²) in [4.78, 5) is 75.9. The van der Waals surface area contributed by atoms with Crippen LogP contribution < -0.4 is 11.1 Å². The molecule has 4 amide bonds. The molecule has 2 aromatic carbocycles. The van der Waals surface area contributed by atoms with Gasteiger partial charge in [-0.25, -0.2) is 14.4 Å². The Morgan fingerprint density at radius 3 is 2.36 bits per heavy atom. The summed E-state index contributed by atoms with van der Waals surface area (Å²) in [6.07, 6.45) is 4.80. The van der Waals surface area contributed by atoms with Gasteiger partial charge in [-0.1, -0.05) is 37.6 Å². The minimum Gasteiger partial charge on any atom is -0.466 e. The molecule has 15 nitrogen and oxygen atoms in total. The summed E-state index contributed by atoms with van der Waals surface area (Å²) in [5.41, 5.74) is 4.62. The Morgan fingerprint density at radius 1 is 0.897 bits per heavy atom. The van der Waals surface area contributed by atoms with Crippen LogP contribution in [0, 0.1) is 6.92 Å². The summed E-state index contributed by atoms with van der Waals surface area (Å²) in [7, 11) is 1.66. The molecule has 314 valence electrons. The van der Waals surface area contributed by atoms with Crippen LogP contribution in [-0.2, 0) is 39.0 Å². The van der Waals surface area contributed by atoms with Crippen molar-refractivity contribution >= 4 is 40.8 Å². The highest BCUT2D eigenvalue weighted by Gasteiger charge is 2.36. The van der Waals surface area contributed by atoms with Crippen molar-refractivity contribution in [1.82, 2.24) is 29.1 Å². The highest BCUT2D eigenvalue weighted by Crippen LogP contribution is 2.27. The molecule has 0 spiro atoms. The smallest absolute Gasteiger partial charge is 0.419 e. The molecule has 15 heteroatoms. The summed E-state index contributed by atoms with van der Waals surface area (Å²) in [5, 5.41) is 3.05. The van der Waals surface area contributed by atoms with Crippen LogP contribution in [0.15, 0.2) is 45.6 Å². The lowest BCUT2D eigenvalue weighted by Gasteiger charge is -2.43. The van der Waals surface area contributed by atoms with Gasteiger partial charge in [0, 0.05) is 83.6 Å². The number of likely N-dealkylation sites (tertiary alicyclic amines) is 2. The second kappa shape index (κ2) is 18.8. The van der Waals surface area contributed by atoms with E-state index in [9.17, 15) is 24.0 Å². The average Bonchev–Trinajstić information content (AvgIpc) is 3.41. The maximum Gasteiger partial charge on any atom is 0.419 e. The number of piperazine rings is 1. The highest BCUT2D eigenvalue weighted by molar-refractivity contribution is 5.91. The van der Waals surface area contributed by atoms with E-state index in [4.69, 9.17) is 13.9 Å². The van der Waals surface area contributed by atoms with E-state index in [2.05, 4.69) is 22.0 Å². The highest BCUT2D eigenvalue weighted by atomic mass is 16.6. The topological polar surface area (TPSA) is 150 Å². The standard InChI is InChI=1S/C43H59N7O8/c1-4-5-26-56-38(51)15-18-46-16-11-33(12-17-46)47-22-24-48(25-23-47)40(52)37(29-31-27-30(2)39-36(28-31)57-42(54)45(39)3)58-43(55)49-19-13-34(14-20-49)50-21-10-32-8-6-7-9-35(32)44-41(50)53/h6-9,27-28,33-34,37H,4-5,10-26,29H2,1-3H3,(H,44,53)/t37-/m1/s1. The molecule has 1 N–H and O–H groups in total. The minimum absolute atomic E-state index is 0.0197. The van der Waals surface area contributed by atoms with Crippen LogP contribution >= 0.6 is 0 Å². The average molecular weight is 802 g/mol. The van der Waals surface area contributed by atoms with E-state index in [0.717, 1.165) is 80.7 Å². The van der Waals surface area contributed by atoms with E-state index >= 15 is 0 Å². The number of rotatable bonds is 12. The second-order valence-electron chi connectivity index (χ2n) is 16.3. The van der Waals surface area contributed by atoms with Crippen molar-refractivity contribution in [3.05, 3.63) is 63.6 Å². The van der Waals surface area contributed by atoms with Crippen LogP contribution in [0.5, 0.6) is 0 Å². The predicted molar refractivity (Wildman–Crippen MR) is 219 cm³/mol. The van der Waals surface area contributed by atoms with Crippen LogP contribution in [0.4, 0.5) is 15.3 Å². The number of amides is 4. The number of nitrogens with one attached hydrogen (secondary N) is 1. The fourth-order valence-electron chi connectivity index (χ4n) is 9.06. The molecule has 1 atom stereocenters. The molecule has 0 unspecified atom stereocenters. The van der Waals surface area contributed by atoms with Gasteiger partial charge in [0.2, 0.25) is 0 Å². The molecule has 0 bridgehead atoms. The predicted octanol–water partition coefficient (Wildman–Crippen LogP) is 4.38. The van der Waals surface area contributed by atoms with Crippen molar-refractivity contribution in [1.29, 1.82) is 0 Å². The number of ether oxygens (including phenoxy) is 2. The third kappa shape index (κ3) is 9.69. The Labute approximate surface area is 340 Å². The molecule has 1 aromatic heterocycles. The van der Waals surface area contributed by atoms with Gasteiger partial charge >= 0.3 is 23.8 Å². The fraction of sp³-hybridized carbons (Fsp3) is 0.605. The number of carbonyl (C=O) groups excluding carboxylic acids is 4. The lowest BCUT2D eigenvalue weighted by Crippen LogP contribution is -2.56. The Morgan fingerprint density at radius 2 is 1.62 bits per heavy atom. The van der Waals surface area contributed by atoms with E-state index in [0.29, 0.717) is 82.3 Å². The zero-order chi connectivity index (χ0) is 40.8. The normalized spacial score (nSPS) is 19.4. The Balaban J connectivity index is 0.953. The van der Waals surface area contributed by atoms with E-state index in [1.807, 2.05) is 47.1 Å². The number of nitrogens with zero attached hydrogens (tertiary/aromatic N) is 6. The summed E-state index contributed by atoms with van der Waals surface area (Å²) in [6, 6.07) is 11.8. The summed E-state index contributed by atoms with van der Waals surface area (Å²) < 4.78 is 18.4. The molecule has 3 fully saturated rings. The number of carbonyl (C=O) groups is 4. The van der Waals surface area contributed by atoms with Crippen LogP contribution in [0.3, 0.4) is 0 Å².